The molecule has 0 aromatic heterocycles. The Balaban J connectivity index is 2.25. The number of hydrogen-bond donors (Lipinski definition) is 2. The summed E-state index contributed by atoms with van der Waals surface area (Å²) in [5.74, 6) is 1.19. The molecule has 2 aliphatic carbocycles. The predicted molar refractivity (Wildman–Crippen MR) is 54.1 cm³/mol. The van der Waals surface area contributed by atoms with Crippen LogP contribution in [0.5, 0.6) is 11.5 Å². The lowest BCUT2D eigenvalue weighted by atomic mass is 9.90. The van der Waals surface area contributed by atoms with E-state index in [9.17, 15) is 10.2 Å². The summed E-state index contributed by atoms with van der Waals surface area (Å²) in [5, 5.41) is 19.6. The van der Waals surface area contributed by atoms with Gasteiger partial charge in [-0.15, -0.1) is 11.6 Å². The zero-order chi connectivity index (χ0) is 9.87. The van der Waals surface area contributed by atoms with E-state index >= 15 is 0 Å². The third-order valence-electron chi connectivity index (χ3n) is 3.50. The zero-order valence-corrected chi connectivity index (χ0v) is 8.33. The maximum absolute atomic E-state index is 9.73. The van der Waals surface area contributed by atoms with Crippen molar-refractivity contribution in [2.24, 2.45) is 0 Å². The molecule has 0 amide bonds. The lowest BCUT2D eigenvalue weighted by molar-refractivity contribution is 0.443. The Kier molecular flexibility index (Phi) is 1.55. The minimum Gasteiger partial charge on any atom is -0.508 e. The molecule has 3 heteroatoms. The highest BCUT2D eigenvalue weighted by Crippen LogP contribution is 2.59. The van der Waals surface area contributed by atoms with Crippen LogP contribution in [0, 0.1) is 0 Å². The van der Waals surface area contributed by atoms with Crippen LogP contribution in [0.2, 0.25) is 0 Å². The Bertz CT molecular complexity index is 403. The normalized spacial score (nSPS) is 33.4. The number of benzene rings is 1. The smallest absolute Gasteiger partial charge is 0.119 e. The van der Waals surface area contributed by atoms with E-state index in [0.717, 1.165) is 24.0 Å². The van der Waals surface area contributed by atoms with Gasteiger partial charge in [-0.3, -0.25) is 0 Å². The number of rotatable bonds is 0. The van der Waals surface area contributed by atoms with Gasteiger partial charge in [0.15, 0.2) is 0 Å². The lowest BCUT2D eigenvalue weighted by Crippen LogP contribution is -2.10. The van der Waals surface area contributed by atoms with Crippen LogP contribution in [-0.4, -0.2) is 15.6 Å². The van der Waals surface area contributed by atoms with Gasteiger partial charge < -0.3 is 10.2 Å². The molecule has 74 valence electrons. The molecule has 0 heterocycles. The molecule has 3 rings (SSSR count). The standard InChI is InChI=1S/C11H11ClO2/c12-7-4-5-3-6(7)11-9(14)2-1-8(13)10(5)11/h1-2,5-7,13-14H,3-4H2. The number of fused-ring (bicyclic) bond motifs is 5. The lowest BCUT2D eigenvalue weighted by Gasteiger charge is -2.21. The molecule has 1 aromatic rings. The van der Waals surface area contributed by atoms with Crippen LogP contribution in [0.3, 0.4) is 0 Å². The molecule has 2 aliphatic rings. The van der Waals surface area contributed by atoms with E-state index in [1.165, 1.54) is 0 Å². The third-order valence-corrected chi connectivity index (χ3v) is 3.99. The van der Waals surface area contributed by atoms with Gasteiger partial charge in [0.05, 0.1) is 0 Å². The second kappa shape index (κ2) is 2.57. The number of alkyl halides is 1. The Morgan fingerprint density at radius 1 is 1.07 bits per heavy atom. The fraction of sp³-hybridized carbons (Fsp3) is 0.455. The molecule has 0 saturated heterocycles. The van der Waals surface area contributed by atoms with Crippen LogP contribution in [0.4, 0.5) is 0 Å². The first kappa shape index (κ1) is 8.42. The van der Waals surface area contributed by atoms with Crippen molar-refractivity contribution in [3.8, 4) is 11.5 Å². The maximum Gasteiger partial charge on any atom is 0.119 e. The highest BCUT2D eigenvalue weighted by molar-refractivity contribution is 6.21. The van der Waals surface area contributed by atoms with Crippen molar-refractivity contribution in [3.63, 3.8) is 0 Å². The minimum atomic E-state index is 0.125. The van der Waals surface area contributed by atoms with Gasteiger partial charge in [0.25, 0.3) is 0 Å². The maximum atomic E-state index is 9.73. The van der Waals surface area contributed by atoms with Gasteiger partial charge in [-0.25, -0.2) is 0 Å². The number of aromatic hydroxyl groups is 2. The second-order valence-corrected chi connectivity index (χ2v) is 4.78. The van der Waals surface area contributed by atoms with Crippen molar-refractivity contribution < 1.29 is 10.2 Å². The zero-order valence-electron chi connectivity index (χ0n) is 7.57. The van der Waals surface area contributed by atoms with E-state index in [1.54, 1.807) is 12.1 Å². The summed E-state index contributed by atoms with van der Waals surface area (Å²) in [6.07, 6.45) is 1.91. The van der Waals surface area contributed by atoms with E-state index in [-0.39, 0.29) is 17.0 Å². The molecule has 3 unspecified atom stereocenters. The minimum absolute atomic E-state index is 0.125. The molecule has 2 bridgehead atoms. The summed E-state index contributed by atoms with van der Waals surface area (Å²) in [7, 11) is 0. The quantitative estimate of drug-likeness (QED) is 0.511. The largest absolute Gasteiger partial charge is 0.508 e. The first-order valence-corrected chi connectivity index (χ1v) is 5.31. The number of halogens is 1. The number of phenols is 2. The van der Waals surface area contributed by atoms with Gasteiger partial charge in [0, 0.05) is 22.4 Å². The Morgan fingerprint density at radius 3 is 2.43 bits per heavy atom. The van der Waals surface area contributed by atoms with Crippen molar-refractivity contribution >= 4 is 11.6 Å². The van der Waals surface area contributed by atoms with Gasteiger partial charge >= 0.3 is 0 Å². The molecular weight excluding hydrogens is 200 g/mol. The van der Waals surface area contributed by atoms with Crippen LogP contribution in [-0.2, 0) is 0 Å². The van der Waals surface area contributed by atoms with Crippen molar-refractivity contribution in [2.45, 2.75) is 30.1 Å². The predicted octanol–water partition coefficient (Wildman–Crippen LogP) is 2.68. The van der Waals surface area contributed by atoms with E-state index in [4.69, 9.17) is 11.6 Å². The van der Waals surface area contributed by atoms with Crippen LogP contribution in [0.25, 0.3) is 0 Å². The van der Waals surface area contributed by atoms with Crippen LogP contribution >= 0.6 is 11.6 Å². The van der Waals surface area contributed by atoms with E-state index < -0.39 is 0 Å². The van der Waals surface area contributed by atoms with Crippen LogP contribution < -0.4 is 0 Å². The van der Waals surface area contributed by atoms with Crippen molar-refractivity contribution in [2.75, 3.05) is 0 Å². The fourth-order valence-corrected chi connectivity index (χ4v) is 3.40. The van der Waals surface area contributed by atoms with Gasteiger partial charge in [0.1, 0.15) is 11.5 Å². The van der Waals surface area contributed by atoms with E-state index in [2.05, 4.69) is 0 Å². The van der Waals surface area contributed by atoms with Crippen molar-refractivity contribution in [3.05, 3.63) is 23.3 Å². The summed E-state index contributed by atoms with van der Waals surface area (Å²) in [5.41, 5.74) is 1.83. The fourth-order valence-electron chi connectivity index (χ4n) is 2.95. The summed E-state index contributed by atoms with van der Waals surface area (Å²) in [6.45, 7) is 0. The summed E-state index contributed by atoms with van der Waals surface area (Å²) >= 11 is 6.17. The SMILES string of the molecule is Oc1ccc(O)c2c1C1CC(Cl)C2C1. The van der Waals surface area contributed by atoms with Crippen LogP contribution in [0.1, 0.15) is 35.8 Å². The van der Waals surface area contributed by atoms with Crippen molar-refractivity contribution in [1.82, 2.24) is 0 Å². The topological polar surface area (TPSA) is 40.5 Å². The summed E-state index contributed by atoms with van der Waals surface area (Å²) in [6, 6.07) is 3.12. The van der Waals surface area contributed by atoms with Crippen LogP contribution in [0.15, 0.2) is 12.1 Å². The van der Waals surface area contributed by atoms with E-state index in [0.29, 0.717) is 11.7 Å². The number of hydrogen-bond acceptors (Lipinski definition) is 2. The van der Waals surface area contributed by atoms with Gasteiger partial charge in [-0.05, 0) is 30.9 Å². The monoisotopic (exact) mass is 210 g/mol. The first-order chi connectivity index (χ1) is 6.68. The van der Waals surface area contributed by atoms with Gasteiger partial charge in [-0.2, -0.15) is 0 Å². The van der Waals surface area contributed by atoms with E-state index in [1.807, 2.05) is 0 Å². The highest BCUT2D eigenvalue weighted by Gasteiger charge is 2.45. The molecule has 2 nitrogen and oxygen atoms in total. The summed E-state index contributed by atoms with van der Waals surface area (Å²) in [4.78, 5) is 0. The third kappa shape index (κ3) is 0.871. The molecule has 3 atom stereocenters. The summed E-state index contributed by atoms with van der Waals surface area (Å²) < 4.78 is 0. The highest BCUT2D eigenvalue weighted by atomic mass is 35.5. The van der Waals surface area contributed by atoms with Crippen molar-refractivity contribution in [1.29, 1.82) is 0 Å². The molecule has 14 heavy (non-hydrogen) atoms. The molecule has 0 aliphatic heterocycles. The molecule has 1 saturated carbocycles. The molecule has 0 spiro atoms. The molecule has 0 radical (unpaired) electrons. The average molecular weight is 211 g/mol. The Labute approximate surface area is 87.1 Å². The second-order valence-electron chi connectivity index (χ2n) is 4.22. The first-order valence-electron chi connectivity index (χ1n) is 4.87. The molecule has 2 N–H and O–H groups in total. The molecule has 1 fully saturated rings. The van der Waals surface area contributed by atoms with Gasteiger partial charge in [0.2, 0.25) is 0 Å². The average Bonchev–Trinajstić information content (AvgIpc) is 2.68. The Hall–Kier alpha value is -0.890. The van der Waals surface area contributed by atoms with Gasteiger partial charge in [-0.1, -0.05) is 0 Å². The molecule has 1 aromatic carbocycles. The number of phenolic OH excluding ortho intramolecular Hbond substituents is 2. The Morgan fingerprint density at radius 2 is 1.71 bits per heavy atom. The molecular formula is C11H11ClO2.